The molecule has 0 aromatic heterocycles. The van der Waals surface area contributed by atoms with Gasteiger partial charge in [-0.05, 0) is 35.7 Å². The summed E-state index contributed by atoms with van der Waals surface area (Å²) in [7, 11) is 1.58. The van der Waals surface area contributed by atoms with Gasteiger partial charge in [0.05, 0.1) is 12.1 Å². The summed E-state index contributed by atoms with van der Waals surface area (Å²) in [5.41, 5.74) is 3.41. The second-order valence-electron chi connectivity index (χ2n) is 4.97. The minimum Gasteiger partial charge on any atom is -0.493 e. The first kappa shape index (κ1) is 17.1. The highest BCUT2D eigenvalue weighted by Crippen LogP contribution is 2.36. The molecule has 23 heavy (non-hydrogen) atoms. The summed E-state index contributed by atoms with van der Waals surface area (Å²) < 4.78 is 10.8. The lowest BCUT2D eigenvalue weighted by atomic mass is 10.1. The van der Waals surface area contributed by atoms with Crippen LogP contribution in [0.1, 0.15) is 18.1 Å². The predicted octanol–water partition coefficient (Wildman–Crippen LogP) is 4.54. The zero-order valence-electron chi connectivity index (χ0n) is 13.4. The van der Waals surface area contributed by atoms with Crippen molar-refractivity contribution in [1.29, 1.82) is 0 Å². The van der Waals surface area contributed by atoms with Crippen LogP contribution in [0, 0.1) is 12.3 Å². The molecule has 120 valence electrons. The van der Waals surface area contributed by atoms with Crippen LogP contribution in [0.15, 0.2) is 36.4 Å². The lowest BCUT2D eigenvalue weighted by Crippen LogP contribution is -2.04. The number of hydrogen-bond acceptors (Lipinski definition) is 3. The maximum absolute atomic E-state index is 6.29. The van der Waals surface area contributed by atoms with Crippen molar-refractivity contribution in [2.24, 2.45) is 0 Å². The van der Waals surface area contributed by atoms with Crippen molar-refractivity contribution in [1.82, 2.24) is 0 Å². The number of anilines is 1. The number of para-hydroxylation sites is 1. The number of rotatable bonds is 7. The van der Waals surface area contributed by atoms with Gasteiger partial charge >= 0.3 is 0 Å². The van der Waals surface area contributed by atoms with Gasteiger partial charge in [0.25, 0.3) is 0 Å². The van der Waals surface area contributed by atoms with Crippen molar-refractivity contribution in [3.63, 3.8) is 0 Å². The van der Waals surface area contributed by atoms with Crippen LogP contribution in [0.4, 0.5) is 5.69 Å². The van der Waals surface area contributed by atoms with E-state index in [1.165, 1.54) is 5.56 Å². The minimum atomic E-state index is 0.150. The number of ether oxygens (including phenoxy) is 2. The summed E-state index contributed by atoms with van der Waals surface area (Å²) in [5.74, 6) is 3.47. The predicted molar refractivity (Wildman–Crippen MR) is 95.5 cm³/mol. The van der Waals surface area contributed by atoms with Gasteiger partial charge in [-0.15, -0.1) is 6.42 Å². The topological polar surface area (TPSA) is 30.5 Å². The van der Waals surface area contributed by atoms with Gasteiger partial charge in [0.2, 0.25) is 0 Å². The smallest absolute Gasteiger partial charge is 0.181 e. The van der Waals surface area contributed by atoms with E-state index in [4.69, 9.17) is 27.5 Å². The zero-order chi connectivity index (χ0) is 16.7. The summed E-state index contributed by atoms with van der Waals surface area (Å²) in [6.45, 7) is 2.93. The van der Waals surface area contributed by atoms with Gasteiger partial charge in [0.15, 0.2) is 11.5 Å². The maximum atomic E-state index is 6.29. The van der Waals surface area contributed by atoms with Gasteiger partial charge < -0.3 is 14.8 Å². The number of benzene rings is 2. The highest BCUT2D eigenvalue weighted by molar-refractivity contribution is 6.32. The SMILES string of the molecule is C#CCOc1c(Cl)cc(CNc2ccccc2CC)cc1OC. The molecule has 0 aliphatic heterocycles. The Hall–Kier alpha value is -2.31. The molecule has 1 N–H and O–H groups in total. The molecule has 0 unspecified atom stereocenters. The van der Waals surface area contributed by atoms with Crippen LogP contribution in [-0.4, -0.2) is 13.7 Å². The Kier molecular flexibility index (Phi) is 6.19. The van der Waals surface area contributed by atoms with Crippen molar-refractivity contribution >= 4 is 17.3 Å². The molecule has 0 bridgehead atoms. The minimum absolute atomic E-state index is 0.150. The molecular formula is C19H20ClNO2. The normalized spacial score (nSPS) is 10.0. The number of hydrogen-bond donors (Lipinski definition) is 1. The molecule has 2 rings (SSSR count). The number of nitrogens with one attached hydrogen (secondary N) is 1. The number of aryl methyl sites for hydroxylation is 1. The molecule has 0 saturated carbocycles. The van der Waals surface area contributed by atoms with Gasteiger partial charge in [0.1, 0.15) is 6.61 Å². The fourth-order valence-corrected chi connectivity index (χ4v) is 2.62. The fraction of sp³-hybridized carbons (Fsp3) is 0.263. The molecule has 2 aromatic rings. The molecule has 0 aliphatic rings. The first-order valence-electron chi connectivity index (χ1n) is 7.44. The van der Waals surface area contributed by atoms with E-state index >= 15 is 0 Å². The lowest BCUT2D eigenvalue weighted by molar-refractivity contribution is 0.331. The summed E-state index contributed by atoms with van der Waals surface area (Å²) in [6.07, 6.45) is 6.20. The summed E-state index contributed by atoms with van der Waals surface area (Å²) in [4.78, 5) is 0. The molecule has 0 spiro atoms. The van der Waals surface area contributed by atoms with Crippen LogP contribution in [-0.2, 0) is 13.0 Å². The molecule has 0 heterocycles. The molecular weight excluding hydrogens is 310 g/mol. The van der Waals surface area contributed by atoms with Crippen molar-refractivity contribution in [3.8, 4) is 23.8 Å². The Morgan fingerprint density at radius 3 is 2.74 bits per heavy atom. The summed E-state index contributed by atoms with van der Waals surface area (Å²) in [6, 6.07) is 12.0. The van der Waals surface area contributed by atoms with E-state index < -0.39 is 0 Å². The first-order valence-corrected chi connectivity index (χ1v) is 7.81. The third-order valence-electron chi connectivity index (χ3n) is 3.47. The van der Waals surface area contributed by atoms with Gasteiger partial charge in [-0.1, -0.05) is 42.6 Å². The van der Waals surface area contributed by atoms with E-state index in [-0.39, 0.29) is 6.61 Å². The molecule has 3 nitrogen and oxygen atoms in total. The second kappa shape index (κ2) is 8.36. The summed E-state index contributed by atoms with van der Waals surface area (Å²) in [5, 5.41) is 3.92. The van der Waals surface area contributed by atoms with Gasteiger partial charge in [-0.2, -0.15) is 0 Å². The Bertz CT molecular complexity index is 707. The van der Waals surface area contributed by atoms with Crippen molar-refractivity contribution in [2.45, 2.75) is 19.9 Å². The largest absolute Gasteiger partial charge is 0.493 e. The van der Waals surface area contributed by atoms with E-state index in [1.807, 2.05) is 24.3 Å². The fourth-order valence-electron chi connectivity index (χ4n) is 2.33. The number of halogens is 1. The first-order chi connectivity index (χ1) is 11.2. The Balaban J connectivity index is 2.17. The molecule has 0 fully saturated rings. The van der Waals surface area contributed by atoms with Crippen molar-refractivity contribution < 1.29 is 9.47 Å². The quantitative estimate of drug-likeness (QED) is 0.757. The average Bonchev–Trinajstić information content (AvgIpc) is 2.58. The Morgan fingerprint density at radius 2 is 2.04 bits per heavy atom. The number of methoxy groups -OCH3 is 1. The lowest BCUT2D eigenvalue weighted by Gasteiger charge is -2.15. The van der Waals surface area contributed by atoms with E-state index in [9.17, 15) is 0 Å². The molecule has 0 amide bonds. The third-order valence-corrected chi connectivity index (χ3v) is 3.75. The van der Waals surface area contributed by atoms with Crippen LogP contribution < -0.4 is 14.8 Å². The van der Waals surface area contributed by atoms with Crippen LogP contribution in [0.2, 0.25) is 5.02 Å². The molecule has 2 aromatic carbocycles. The van der Waals surface area contributed by atoms with Gasteiger partial charge in [-0.3, -0.25) is 0 Å². The van der Waals surface area contributed by atoms with Crippen LogP contribution in [0.3, 0.4) is 0 Å². The van der Waals surface area contributed by atoms with E-state index in [0.29, 0.717) is 23.1 Å². The third kappa shape index (κ3) is 4.34. The highest BCUT2D eigenvalue weighted by atomic mass is 35.5. The van der Waals surface area contributed by atoms with Crippen LogP contribution in [0.25, 0.3) is 0 Å². The molecule has 4 heteroatoms. The highest BCUT2D eigenvalue weighted by Gasteiger charge is 2.12. The van der Waals surface area contributed by atoms with Gasteiger partial charge in [-0.25, -0.2) is 0 Å². The average molecular weight is 330 g/mol. The Labute approximate surface area is 142 Å². The second-order valence-corrected chi connectivity index (χ2v) is 5.37. The van der Waals surface area contributed by atoms with Crippen molar-refractivity contribution in [3.05, 3.63) is 52.5 Å². The van der Waals surface area contributed by atoms with Crippen molar-refractivity contribution in [2.75, 3.05) is 19.0 Å². The van der Waals surface area contributed by atoms with Gasteiger partial charge in [0, 0.05) is 12.2 Å². The monoisotopic (exact) mass is 329 g/mol. The zero-order valence-corrected chi connectivity index (χ0v) is 14.1. The summed E-state index contributed by atoms with van der Waals surface area (Å²) >= 11 is 6.29. The molecule has 0 atom stereocenters. The molecule has 0 aliphatic carbocycles. The Morgan fingerprint density at radius 1 is 1.26 bits per heavy atom. The van der Waals surface area contributed by atoms with E-state index in [2.05, 4.69) is 30.3 Å². The van der Waals surface area contributed by atoms with Crippen LogP contribution in [0.5, 0.6) is 11.5 Å². The molecule has 0 radical (unpaired) electrons. The standard InChI is InChI=1S/C19H20ClNO2/c1-4-10-23-19-16(20)11-14(12-18(19)22-3)13-21-17-9-7-6-8-15(17)5-2/h1,6-9,11-12,21H,5,10,13H2,2-3H3. The van der Waals surface area contributed by atoms with Crippen LogP contribution >= 0.6 is 11.6 Å². The van der Waals surface area contributed by atoms with E-state index in [1.54, 1.807) is 7.11 Å². The van der Waals surface area contributed by atoms with E-state index in [0.717, 1.165) is 17.7 Å². The number of terminal acetylenes is 1. The molecule has 0 saturated heterocycles. The maximum Gasteiger partial charge on any atom is 0.181 e.